The Morgan fingerprint density at radius 3 is 2.83 bits per heavy atom. The average molecular weight is 315 g/mol. The fraction of sp³-hybridized carbons (Fsp3) is 0.312. The molecule has 1 atom stereocenters. The van der Waals surface area contributed by atoms with E-state index in [9.17, 15) is 14.7 Å². The highest BCUT2D eigenvalue weighted by Gasteiger charge is 2.26. The maximum atomic E-state index is 12.3. The number of carboxylic acids is 1. The van der Waals surface area contributed by atoms with E-state index in [0.717, 1.165) is 17.7 Å². The number of hydrogen-bond acceptors (Lipinski definition) is 4. The molecule has 3 rings (SSSR count). The molecule has 2 aromatic rings. The Hall–Kier alpha value is -2.83. The number of fused-ring (bicyclic) bond motifs is 1. The van der Waals surface area contributed by atoms with E-state index < -0.39 is 17.9 Å². The van der Waals surface area contributed by atoms with Gasteiger partial charge in [-0.25, -0.2) is 4.79 Å². The molecule has 1 amide bonds. The Balaban J connectivity index is 1.86. The second-order valence-electron chi connectivity index (χ2n) is 5.50. The van der Waals surface area contributed by atoms with Crippen molar-refractivity contribution in [3.63, 3.8) is 0 Å². The number of aliphatic carboxylic acids is 1. The summed E-state index contributed by atoms with van der Waals surface area (Å²) in [6.45, 7) is 2.36. The minimum absolute atomic E-state index is 0.318. The van der Waals surface area contributed by atoms with Gasteiger partial charge in [-0.1, -0.05) is 6.07 Å². The van der Waals surface area contributed by atoms with Crippen molar-refractivity contribution >= 4 is 11.9 Å². The van der Waals surface area contributed by atoms with E-state index in [1.54, 1.807) is 38.2 Å². The number of amides is 1. The van der Waals surface area contributed by atoms with Crippen molar-refractivity contribution in [2.45, 2.75) is 19.4 Å². The zero-order chi connectivity index (χ0) is 16.6. The summed E-state index contributed by atoms with van der Waals surface area (Å²) in [5.74, 6) is -0.820. The van der Waals surface area contributed by atoms with Crippen LogP contribution in [0.4, 0.5) is 0 Å². The molecule has 0 aliphatic carbocycles. The van der Waals surface area contributed by atoms with Gasteiger partial charge in [0.05, 0.1) is 12.3 Å². The molecule has 2 N–H and O–H groups in total. The van der Waals surface area contributed by atoms with E-state index in [2.05, 4.69) is 10.4 Å². The zero-order valence-corrected chi connectivity index (χ0v) is 12.9. The minimum Gasteiger partial charge on any atom is -0.493 e. The lowest BCUT2D eigenvalue weighted by molar-refractivity contribution is -0.139. The summed E-state index contributed by atoms with van der Waals surface area (Å²) in [6, 6.07) is 5.68. The van der Waals surface area contributed by atoms with Crippen molar-refractivity contribution in [3.8, 4) is 5.75 Å². The van der Waals surface area contributed by atoms with Crippen LogP contribution in [-0.4, -0.2) is 33.4 Å². The van der Waals surface area contributed by atoms with Gasteiger partial charge in [-0.2, -0.15) is 5.10 Å². The van der Waals surface area contributed by atoms with Gasteiger partial charge in [-0.15, -0.1) is 0 Å². The van der Waals surface area contributed by atoms with Gasteiger partial charge in [0.25, 0.3) is 5.91 Å². The number of nitrogens with one attached hydrogen (secondary N) is 1. The Labute approximate surface area is 132 Å². The van der Waals surface area contributed by atoms with Crippen LogP contribution in [0.2, 0.25) is 0 Å². The van der Waals surface area contributed by atoms with Gasteiger partial charge in [-0.05, 0) is 36.2 Å². The van der Waals surface area contributed by atoms with Crippen LogP contribution in [0.15, 0.2) is 24.3 Å². The second-order valence-corrected chi connectivity index (χ2v) is 5.50. The summed E-state index contributed by atoms with van der Waals surface area (Å²) in [6.07, 6.45) is 0.740. The summed E-state index contributed by atoms with van der Waals surface area (Å²) >= 11 is 0. The summed E-state index contributed by atoms with van der Waals surface area (Å²) in [4.78, 5) is 23.9. The van der Waals surface area contributed by atoms with Crippen LogP contribution in [0.1, 0.15) is 33.4 Å². The Morgan fingerprint density at radius 2 is 2.17 bits per heavy atom. The molecule has 23 heavy (non-hydrogen) atoms. The number of nitrogens with zero attached hydrogens (tertiary/aromatic N) is 2. The maximum absolute atomic E-state index is 12.3. The van der Waals surface area contributed by atoms with Gasteiger partial charge < -0.3 is 15.2 Å². The van der Waals surface area contributed by atoms with Gasteiger partial charge >= 0.3 is 5.97 Å². The molecule has 120 valence electrons. The Morgan fingerprint density at radius 1 is 1.39 bits per heavy atom. The second kappa shape index (κ2) is 5.75. The molecule has 7 heteroatoms. The number of aromatic nitrogens is 2. The fourth-order valence-electron chi connectivity index (χ4n) is 2.70. The number of carboxylic acid groups (broad SMARTS) is 1. The average Bonchev–Trinajstić information content (AvgIpc) is 3.09. The standard InChI is InChI=1S/C16H17N3O4/c1-9-7-12(19(2)18-9)15(20)17-14(16(21)22)11-3-4-13-10(8-11)5-6-23-13/h3-4,7-8,14H,5-6H2,1-2H3,(H,17,20)(H,21,22). The van der Waals surface area contributed by atoms with Crippen molar-refractivity contribution in [1.82, 2.24) is 15.1 Å². The number of benzene rings is 1. The number of carbonyl (C=O) groups excluding carboxylic acids is 1. The van der Waals surface area contributed by atoms with E-state index in [1.165, 1.54) is 4.68 Å². The van der Waals surface area contributed by atoms with E-state index in [1.807, 2.05) is 0 Å². The van der Waals surface area contributed by atoms with Crippen molar-refractivity contribution in [1.29, 1.82) is 0 Å². The highest BCUT2D eigenvalue weighted by molar-refractivity contribution is 5.95. The van der Waals surface area contributed by atoms with Gasteiger partial charge in [0.15, 0.2) is 6.04 Å². The molecule has 1 aliphatic heterocycles. The van der Waals surface area contributed by atoms with Crippen molar-refractivity contribution < 1.29 is 19.4 Å². The predicted octanol–water partition coefficient (Wildman–Crippen LogP) is 1.22. The van der Waals surface area contributed by atoms with Crippen molar-refractivity contribution in [2.24, 2.45) is 7.05 Å². The number of hydrogen-bond donors (Lipinski definition) is 2. The number of ether oxygens (including phenoxy) is 1. The molecule has 0 fully saturated rings. The molecule has 2 heterocycles. The van der Waals surface area contributed by atoms with Crippen molar-refractivity contribution in [3.05, 3.63) is 46.8 Å². The molecule has 0 saturated carbocycles. The number of carbonyl (C=O) groups is 2. The minimum atomic E-state index is -1.12. The highest BCUT2D eigenvalue weighted by Crippen LogP contribution is 2.28. The summed E-state index contributed by atoms with van der Waals surface area (Å²) < 4.78 is 6.85. The molecule has 0 bridgehead atoms. The Kier molecular flexibility index (Phi) is 3.77. The van der Waals surface area contributed by atoms with Gasteiger partial charge in [0, 0.05) is 13.5 Å². The molecule has 1 aromatic heterocycles. The molecule has 0 spiro atoms. The van der Waals surface area contributed by atoms with E-state index >= 15 is 0 Å². The van der Waals surface area contributed by atoms with Gasteiger partial charge in [-0.3, -0.25) is 9.48 Å². The monoisotopic (exact) mass is 315 g/mol. The summed E-state index contributed by atoms with van der Waals surface area (Å²) in [5, 5.41) is 16.1. The molecule has 1 aromatic carbocycles. The number of rotatable bonds is 4. The summed E-state index contributed by atoms with van der Waals surface area (Å²) in [5.41, 5.74) is 2.49. The molecule has 7 nitrogen and oxygen atoms in total. The van der Waals surface area contributed by atoms with Crippen LogP contribution in [0.5, 0.6) is 5.75 Å². The largest absolute Gasteiger partial charge is 0.493 e. The zero-order valence-electron chi connectivity index (χ0n) is 12.9. The van der Waals surface area contributed by atoms with Gasteiger partial charge in [0.1, 0.15) is 11.4 Å². The van der Waals surface area contributed by atoms with E-state index in [-0.39, 0.29) is 0 Å². The third-order valence-corrected chi connectivity index (χ3v) is 3.80. The van der Waals surface area contributed by atoms with E-state index in [4.69, 9.17) is 4.74 Å². The smallest absolute Gasteiger partial charge is 0.330 e. The number of aryl methyl sites for hydroxylation is 2. The van der Waals surface area contributed by atoms with E-state index in [0.29, 0.717) is 23.6 Å². The predicted molar refractivity (Wildman–Crippen MR) is 81.4 cm³/mol. The third kappa shape index (κ3) is 2.90. The lowest BCUT2D eigenvalue weighted by Crippen LogP contribution is -2.34. The normalized spacial score (nSPS) is 14.0. The van der Waals surface area contributed by atoms with Crippen LogP contribution in [0, 0.1) is 6.92 Å². The molecule has 1 unspecified atom stereocenters. The Bertz CT molecular complexity index is 782. The first-order valence-electron chi connectivity index (χ1n) is 7.25. The van der Waals surface area contributed by atoms with Crippen molar-refractivity contribution in [2.75, 3.05) is 6.61 Å². The first kappa shape index (κ1) is 15.1. The van der Waals surface area contributed by atoms with Crippen LogP contribution >= 0.6 is 0 Å². The quantitative estimate of drug-likeness (QED) is 0.885. The molecule has 1 aliphatic rings. The first-order valence-corrected chi connectivity index (χ1v) is 7.25. The maximum Gasteiger partial charge on any atom is 0.330 e. The lowest BCUT2D eigenvalue weighted by atomic mass is 10.0. The molecular formula is C16H17N3O4. The SMILES string of the molecule is Cc1cc(C(=O)NC(C(=O)O)c2ccc3c(c2)CCO3)n(C)n1. The summed E-state index contributed by atoms with van der Waals surface area (Å²) in [7, 11) is 1.64. The van der Waals surface area contributed by atoms with Gasteiger partial charge in [0.2, 0.25) is 0 Å². The highest BCUT2D eigenvalue weighted by atomic mass is 16.5. The fourth-order valence-corrected chi connectivity index (χ4v) is 2.70. The molecular weight excluding hydrogens is 298 g/mol. The van der Waals surface area contributed by atoms with Crippen LogP contribution in [-0.2, 0) is 18.3 Å². The lowest BCUT2D eigenvalue weighted by Gasteiger charge is -2.15. The molecule has 0 saturated heterocycles. The van der Waals surface area contributed by atoms with Crippen LogP contribution in [0.25, 0.3) is 0 Å². The first-order chi connectivity index (χ1) is 11.0. The topological polar surface area (TPSA) is 93.5 Å². The third-order valence-electron chi connectivity index (χ3n) is 3.80. The molecule has 0 radical (unpaired) electrons. The van der Waals surface area contributed by atoms with Crippen LogP contribution < -0.4 is 10.1 Å². The van der Waals surface area contributed by atoms with Crippen LogP contribution in [0.3, 0.4) is 0 Å².